The third-order valence-corrected chi connectivity index (χ3v) is 4.51. The molecule has 1 atom stereocenters. The predicted molar refractivity (Wildman–Crippen MR) is 69.2 cm³/mol. The highest BCUT2D eigenvalue weighted by Gasteiger charge is 2.58. The maximum Gasteiger partial charge on any atom is 0.253 e. The number of hydrogen-bond acceptors (Lipinski definition) is 4. The summed E-state index contributed by atoms with van der Waals surface area (Å²) in [6, 6.07) is 0.182. The Balaban J connectivity index is 2.03. The standard InChI is InChI=1S/C13H18N4O2/c14-7-8-5-13(6-10(18)16-12(13)19)17(11(8)15)9-3-1-2-4-9/h7,9,15H,1-6,14H2,(H,16,18,19). The van der Waals surface area contributed by atoms with Gasteiger partial charge in [-0.3, -0.25) is 20.3 Å². The Morgan fingerprint density at radius 3 is 2.53 bits per heavy atom. The molecule has 1 aliphatic carbocycles. The van der Waals surface area contributed by atoms with Crippen LogP contribution in [0.3, 0.4) is 0 Å². The summed E-state index contributed by atoms with van der Waals surface area (Å²) in [6.45, 7) is 0. The van der Waals surface area contributed by atoms with Gasteiger partial charge in [0.1, 0.15) is 11.4 Å². The molecule has 19 heavy (non-hydrogen) atoms. The number of carbonyl (C=O) groups excluding carboxylic acids is 2. The molecule has 1 spiro atoms. The first kappa shape index (κ1) is 12.2. The van der Waals surface area contributed by atoms with Crippen LogP contribution in [0.1, 0.15) is 38.5 Å². The summed E-state index contributed by atoms with van der Waals surface area (Å²) in [7, 11) is 0. The molecule has 0 radical (unpaired) electrons. The van der Waals surface area contributed by atoms with Crippen LogP contribution < -0.4 is 11.1 Å². The van der Waals surface area contributed by atoms with Gasteiger partial charge in [-0.1, -0.05) is 12.8 Å². The number of nitrogens with one attached hydrogen (secondary N) is 2. The molecule has 2 saturated heterocycles. The fourth-order valence-corrected chi connectivity index (χ4v) is 3.66. The summed E-state index contributed by atoms with van der Waals surface area (Å²) in [6.07, 6.45) is 6.09. The van der Waals surface area contributed by atoms with Crippen molar-refractivity contribution in [1.29, 1.82) is 5.41 Å². The maximum absolute atomic E-state index is 12.2. The highest BCUT2D eigenvalue weighted by Crippen LogP contribution is 2.43. The second-order valence-corrected chi connectivity index (χ2v) is 5.61. The lowest BCUT2D eigenvalue weighted by Crippen LogP contribution is -2.54. The van der Waals surface area contributed by atoms with Crippen molar-refractivity contribution in [2.75, 3.05) is 0 Å². The van der Waals surface area contributed by atoms with E-state index >= 15 is 0 Å². The molecule has 102 valence electrons. The Labute approximate surface area is 111 Å². The smallest absolute Gasteiger partial charge is 0.253 e. The van der Waals surface area contributed by atoms with Crippen molar-refractivity contribution < 1.29 is 9.59 Å². The van der Waals surface area contributed by atoms with Gasteiger partial charge in [-0.05, 0) is 12.8 Å². The van der Waals surface area contributed by atoms with E-state index in [2.05, 4.69) is 5.32 Å². The fraction of sp³-hybridized carbons (Fsp3) is 0.615. The molecule has 6 heteroatoms. The zero-order valence-electron chi connectivity index (χ0n) is 10.7. The van der Waals surface area contributed by atoms with Crippen molar-refractivity contribution in [1.82, 2.24) is 10.2 Å². The minimum atomic E-state index is -0.894. The molecule has 2 heterocycles. The first-order valence-corrected chi connectivity index (χ1v) is 6.72. The van der Waals surface area contributed by atoms with Crippen LogP contribution in [0.15, 0.2) is 11.8 Å². The van der Waals surface area contributed by atoms with E-state index in [1.54, 1.807) is 0 Å². The Hall–Kier alpha value is -1.85. The summed E-state index contributed by atoms with van der Waals surface area (Å²) in [5.41, 5.74) is 5.34. The molecule has 0 aromatic rings. The number of nitrogens with zero attached hydrogens (tertiary/aromatic N) is 1. The van der Waals surface area contributed by atoms with Crippen molar-refractivity contribution in [3.63, 3.8) is 0 Å². The molecular formula is C13H18N4O2. The van der Waals surface area contributed by atoms with Gasteiger partial charge in [0.05, 0.1) is 6.42 Å². The molecule has 0 aromatic carbocycles. The van der Waals surface area contributed by atoms with Crippen LogP contribution in [0, 0.1) is 5.41 Å². The lowest BCUT2D eigenvalue weighted by molar-refractivity contribution is -0.128. The van der Waals surface area contributed by atoms with Gasteiger partial charge in [0, 0.05) is 24.2 Å². The van der Waals surface area contributed by atoms with Crippen LogP contribution in [0.5, 0.6) is 0 Å². The minimum absolute atomic E-state index is 0.141. The molecule has 3 aliphatic rings. The van der Waals surface area contributed by atoms with Gasteiger partial charge < -0.3 is 10.6 Å². The van der Waals surface area contributed by atoms with Crippen LogP contribution in [-0.4, -0.2) is 34.1 Å². The van der Waals surface area contributed by atoms with Crippen LogP contribution in [-0.2, 0) is 9.59 Å². The molecule has 2 amide bonds. The lowest BCUT2D eigenvalue weighted by Gasteiger charge is -2.37. The van der Waals surface area contributed by atoms with E-state index in [1.807, 2.05) is 4.90 Å². The number of carbonyl (C=O) groups is 2. The number of hydrogen-bond donors (Lipinski definition) is 3. The normalized spacial score (nSPS) is 34.0. The van der Waals surface area contributed by atoms with Crippen LogP contribution in [0.25, 0.3) is 0 Å². The largest absolute Gasteiger partial charge is 0.404 e. The Morgan fingerprint density at radius 2 is 2.00 bits per heavy atom. The summed E-state index contributed by atoms with van der Waals surface area (Å²) in [4.78, 5) is 25.7. The van der Waals surface area contributed by atoms with E-state index in [4.69, 9.17) is 11.1 Å². The number of nitrogens with two attached hydrogens (primary N) is 1. The molecule has 1 saturated carbocycles. The summed E-state index contributed by atoms with van der Waals surface area (Å²) < 4.78 is 0. The quantitative estimate of drug-likeness (QED) is 0.589. The average Bonchev–Trinajstić information content (AvgIpc) is 3.01. The minimum Gasteiger partial charge on any atom is -0.404 e. The number of amidine groups is 1. The van der Waals surface area contributed by atoms with Crippen LogP contribution in [0.2, 0.25) is 0 Å². The molecular weight excluding hydrogens is 244 g/mol. The van der Waals surface area contributed by atoms with Crippen molar-refractivity contribution in [2.45, 2.75) is 50.1 Å². The van der Waals surface area contributed by atoms with E-state index in [0.717, 1.165) is 25.7 Å². The molecule has 2 aliphatic heterocycles. The second kappa shape index (κ2) is 4.08. The first-order chi connectivity index (χ1) is 9.08. The third-order valence-electron chi connectivity index (χ3n) is 4.51. The van der Waals surface area contributed by atoms with Crippen molar-refractivity contribution in [2.24, 2.45) is 5.73 Å². The zero-order chi connectivity index (χ0) is 13.6. The molecule has 1 unspecified atom stereocenters. The molecule has 4 N–H and O–H groups in total. The van der Waals surface area contributed by atoms with Gasteiger partial charge in [0.15, 0.2) is 0 Å². The van der Waals surface area contributed by atoms with Crippen LogP contribution in [0.4, 0.5) is 0 Å². The number of rotatable bonds is 1. The third kappa shape index (κ3) is 1.59. The second-order valence-electron chi connectivity index (χ2n) is 5.61. The van der Waals surface area contributed by atoms with Crippen LogP contribution >= 0.6 is 0 Å². The first-order valence-electron chi connectivity index (χ1n) is 6.72. The summed E-state index contributed by atoms with van der Waals surface area (Å²) in [5, 5.41) is 10.6. The monoisotopic (exact) mass is 262 g/mol. The van der Waals surface area contributed by atoms with Gasteiger partial charge >= 0.3 is 0 Å². The summed E-state index contributed by atoms with van der Waals surface area (Å²) >= 11 is 0. The predicted octanol–water partition coefficient (Wildman–Crippen LogP) is 0.240. The van der Waals surface area contributed by atoms with Crippen molar-refractivity contribution in [3.05, 3.63) is 11.8 Å². The zero-order valence-corrected chi connectivity index (χ0v) is 10.7. The van der Waals surface area contributed by atoms with E-state index < -0.39 is 5.54 Å². The Morgan fingerprint density at radius 1 is 1.32 bits per heavy atom. The SMILES string of the molecule is N=C1C(=CN)CC2(CC(=O)NC2=O)N1C1CCCC1. The van der Waals surface area contributed by atoms with Gasteiger partial charge in [0.25, 0.3) is 5.91 Å². The lowest BCUT2D eigenvalue weighted by atomic mass is 9.91. The Bertz CT molecular complexity index is 493. The topological polar surface area (TPSA) is 99.3 Å². The van der Waals surface area contributed by atoms with Crippen molar-refractivity contribution >= 4 is 17.6 Å². The van der Waals surface area contributed by atoms with E-state index in [9.17, 15) is 9.59 Å². The average molecular weight is 262 g/mol. The maximum atomic E-state index is 12.2. The van der Waals surface area contributed by atoms with Crippen molar-refractivity contribution in [3.8, 4) is 0 Å². The van der Waals surface area contributed by atoms with E-state index in [-0.39, 0.29) is 24.3 Å². The molecule has 0 bridgehead atoms. The molecule has 0 aromatic heterocycles. The summed E-state index contributed by atoms with van der Waals surface area (Å²) in [5.74, 6) is -0.204. The van der Waals surface area contributed by atoms with Gasteiger partial charge in [-0.25, -0.2) is 0 Å². The van der Waals surface area contributed by atoms with Gasteiger partial charge in [-0.15, -0.1) is 0 Å². The molecule has 3 fully saturated rings. The molecule has 3 rings (SSSR count). The number of amides is 2. The highest BCUT2D eigenvalue weighted by atomic mass is 16.2. The van der Waals surface area contributed by atoms with E-state index in [1.165, 1.54) is 6.20 Å². The number of imide groups is 1. The highest BCUT2D eigenvalue weighted by molar-refractivity contribution is 6.14. The fourth-order valence-electron chi connectivity index (χ4n) is 3.66. The number of likely N-dealkylation sites (tertiary alicyclic amines) is 1. The van der Waals surface area contributed by atoms with Gasteiger partial charge in [-0.2, -0.15) is 0 Å². The van der Waals surface area contributed by atoms with E-state index in [0.29, 0.717) is 17.8 Å². The molecule has 6 nitrogen and oxygen atoms in total. The van der Waals surface area contributed by atoms with Gasteiger partial charge in [0.2, 0.25) is 5.91 Å². The Kier molecular flexibility index (Phi) is 2.62.